The van der Waals surface area contributed by atoms with E-state index in [1.807, 2.05) is 0 Å². The molecule has 2 aromatic heterocycles. The molecule has 0 radical (unpaired) electrons. The molecule has 0 spiro atoms. The second kappa shape index (κ2) is 9.17. The maximum absolute atomic E-state index is 12.8. The molecule has 1 N–H and O–H groups in total. The van der Waals surface area contributed by atoms with Crippen LogP contribution in [0.15, 0.2) is 34.1 Å². The van der Waals surface area contributed by atoms with Gasteiger partial charge in [0.2, 0.25) is 5.91 Å². The molecule has 0 aromatic carbocycles. The highest BCUT2D eigenvalue weighted by atomic mass is 32.2. The Labute approximate surface area is 170 Å². The second-order valence-electron chi connectivity index (χ2n) is 6.71. The van der Waals surface area contributed by atoms with E-state index in [0.717, 1.165) is 26.2 Å². The molecule has 1 saturated heterocycles. The van der Waals surface area contributed by atoms with Gasteiger partial charge in [-0.15, -0.1) is 11.3 Å². The first-order chi connectivity index (χ1) is 13.5. The number of hydrogen-bond donors (Lipinski definition) is 1. The maximum atomic E-state index is 12.8. The topological polar surface area (TPSA) is 87.5 Å². The first-order valence-electron chi connectivity index (χ1n) is 9.56. The lowest BCUT2D eigenvalue weighted by Crippen LogP contribution is -2.42. The van der Waals surface area contributed by atoms with Crippen LogP contribution < -0.4 is 5.32 Å². The first kappa shape index (κ1) is 21.0. The Morgan fingerprint density at radius 2 is 2.18 bits per heavy atom. The number of rotatable bonds is 9. The fraction of sp³-hybridized carbons (Fsp3) is 0.556. The van der Waals surface area contributed by atoms with Crippen molar-refractivity contribution in [2.75, 3.05) is 31.5 Å². The number of aromatic nitrogens is 2. The van der Waals surface area contributed by atoms with Gasteiger partial charge in [-0.05, 0) is 37.4 Å². The molecule has 0 aliphatic carbocycles. The quantitative estimate of drug-likeness (QED) is 0.665. The van der Waals surface area contributed by atoms with Crippen LogP contribution in [0.3, 0.4) is 0 Å². The van der Waals surface area contributed by atoms with Gasteiger partial charge in [0.15, 0.2) is 0 Å². The summed E-state index contributed by atoms with van der Waals surface area (Å²) >= 11 is 1.17. The third-order valence-corrected chi connectivity index (χ3v) is 8.29. The third-order valence-electron chi connectivity index (χ3n) is 5.00. The zero-order chi connectivity index (χ0) is 20.1. The number of sulfonamides is 1. The van der Waals surface area contributed by atoms with Crippen LogP contribution in [0.4, 0.5) is 5.69 Å². The van der Waals surface area contributed by atoms with Crippen molar-refractivity contribution >= 4 is 33.0 Å². The first-order valence-corrected chi connectivity index (χ1v) is 11.9. The molecule has 2 aromatic rings. The minimum absolute atomic E-state index is 0.274. The predicted octanol–water partition coefficient (Wildman–Crippen LogP) is 2.08. The molecule has 1 aliphatic heterocycles. The van der Waals surface area contributed by atoms with E-state index in [4.69, 9.17) is 0 Å². The van der Waals surface area contributed by atoms with Gasteiger partial charge in [-0.1, -0.05) is 19.9 Å². The van der Waals surface area contributed by atoms with Crippen LogP contribution in [-0.4, -0.2) is 65.5 Å². The van der Waals surface area contributed by atoms with Crippen molar-refractivity contribution in [1.29, 1.82) is 0 Å². The molecule has 1 amide bonds. The molecular weight excluding hydrogens is 398 g/mol. The van der Waals surface area contributed by atoms with Crippen molar-refractivity contribution in [2.45, 2.75) is 43.5 Å². The number of carbonyl (C=O) groups excluding carboxylic acids is 1. The average molecular weight is 426 g/mol. The molecule has 0 bridgehead atoms. The van der Waals surface area contributed by atoms with E-state index in [2.05, 4.69) is 29.2 Å². The molecule has 154 valence electrons. The van der Waals surface area contributed by atoms with Gasteiger partial charge < -0.3 is 10.2 Å². The van der Waals surface area contributed by atoms with E-state index in [0.29, 0.717) is 25.1 Å². The van der Waals surface area contributed by atoms with Gasteiger partial charge >= 0.3 is 0 Å². The fourth-order valence-corrected chi connectivity index (χ4v) is 6.15. The SMILES string of the molecule is CCN(CC)CCn1cc(NC(=O)C2CCCN2S(=O)(=O)c2cccs2)cn1. The molecule has 1 unspecified atom stereocenters. The van der Waals surface area contributed by atoms with E-state index in [1.165, 1.54) is 15.6 Å². The highest BCUT2D eigenvalue weighted by Crippen LogP contribution is 2.29. The minimum Gasteiger partial charge on any atom is -0.322 e. The lowest BCUT2D eigenvalue weighted by molar-refractivity contribution is -0.119. The van der Waals surface area contributed by atoms with Crippen LogP contribution in [0.1, 0.15) is 26.7 Å². The Kier molecular flexibility index (Phi) is 6.86. The van der Waals surface area contributed by atoms with Crippen LogP contribution >= 0.6 is 11.3 Å². The Morgan fingerprint density at radius 3 is 2.86 bits per heavy atom. The van der Waals surface area contributed by atoms with Crippen LogP contribution in [0.25, 0.3) is 0 Å². The van der Waals surface area contributed by atoms with Crippen molar-refractivity contribution in [3.8, 4) is 0 Å². The van der Waals surface area contributed by atoms with Gasteiger partial charge in [0.05, 0.1) is 18.4 Å². The smallest absolute Gasteiger partial charge is 0.253 e. The monoisotopic (exact) mass is 425 g/mol. The molecule has 1 fully saturated rings. The van der Waals surface area contributed by atoms with Crippen LogP contribution in [0.2, 0.25) is 0 Å². The molecule has 3 heterocycles. The number of nitrogens with zero attached hydrogens (tertiary/aromatic N) is 4. The highest BCUT2D eigenvalue weighted by molar-refractivity contribution is 7.91. The van der Waals surface area contributed by atoms with E-state index in [9.17, 15) is 13.2 Å². The van der Waals surface area contributed by atoms with Crippen molar-refractivity contribution in [1.82, 2.24) is 19.0 Å². The van der Waals surface area contributed by atoms with Gasteiger partial charge in [-0.3, -0.25) is 9.48 Å². The summed E-state index contributed by atoms with van der Waals surface area (Å²) in [5, 5.41) is 8.85. The van der Waals surface area contributed by atoms with Crippen LogP contribution in [0, 0.1) is 0 Å². The molecule has 8 nitrogen and oxygen atoms in total. The Morgan fingerprint density at radius 1 is 1.39 bits per heavy atom. The van der Waals surface area contributed by atoms with Crippen molar-refractivity contribution in [3.05, 3.63) is 29.9 Å². The van der Waals surface area contributed by atoms with Gasteiger partial charge in [-0.25, -0.2) is 8.42 Å². The van der Waals surface area contributed by atoms with Gasteiger partial charge in [0.25, 0.3) is 10.0 Å². The summed E-state index contributed by atoms with van der Waals surface area (Å²) in [6.45, 7) is 8.19. The molecule has 1 atom stereocenters. The zero-order valence-electron chi connectivity index (χ0n) is 16.2. The fourth-order valence-electron chi connectivity index (χ4n) is 3.38. The van der Waals surface area contributed by atoms with Gasteiger partial charge in [0, 0.05) is 19.3 Å². The lowest BCUT2D eigenvalue weighted by Gasteiger charge is -2.22. The van der Waals surface area contributed by atoms with Gasteiger partial charge in [-0.2, -0.15) is 9.40 Å². The zero-order valence-corrected chi connectivity index (χ0v) is 17.9. The second-order valence-corrected chi connectivity index (χ2v) is 9.78. The molecule has 10 heteroatoms. The number of carbonyl (C=O) groups is 1. The lowest BCUT2D eigenvalue weighted by atomic mass is 10.2. The van der Waals surface area contributed by atoms with Crippen molar-refractivity contribution < 1.29 is 13.2 Å². The standard InChI is InChI=1S/C18H27N5O3S2/c1-3-21(4-2)10-11-22-14-15(13-19-22)20-18(24)16-7-5-9-23(16)28(25,26)17-8-6-12-27-17/h6,8,12-14,16H,3-5,7,9-11H2,1-2H3,(H,20,24). The number of thiophene rings is 1. The largest absolute Gasteiger partial charge is 0.322 e. The molecule has 3 rings (SSSR count). The van der Waals surface area contributed by atoms with E-state index in [1.54, 1.807) is 34.6 Å². The number of anilines is 1. The Bertz CT molecular complexity index is 875. The summed E-state index contributed by atoms with van der Waals surface area (Å²) in [6.07, 6.45) is 4.58. The minimum atomic E-state index is -3.64. The van der Waals surface area contributed by atoms with Crippen LogP contribution in [0.5, 0.6) is 0 Å². The number of likely N-dealkylation sites (N-methyl/N-ethyl adjacent to an activating group) is 1. The molecular formula is C18H27N5O3S2. The van der Waals surface area contributed by atoms with Gasteiger partial charge in [0.1, 0.15) is 10.3 Å². The maximum Gasteiger partial charge on any atom is 0.253 e. The summed E-state index contributed by atoms with van der Waals surface area (Å²) in [5.41, 5.74) is 0.588. The van der Waals surface area contributed by atoms with E-state index < -0.39 is 16.1 Å². The summed E-state index contributed by atoms with van der Waals surface area (Å²) in [4.78, 5) is 15.0. The average Bonchev–Trinajstić information content (AvgIpc) is 3.43. The highest BCUT2D eigenvalue weighted by Gasteiger charge is 2.39. The summed E-state index contributed by atoms with van der Waals surface area (Å²) in [6, 6.07) is 2.59. The van der Waals surface area contributed by atoms with Crippen molar-refractivity contribution in [3.63, 3.8) is 0 Å². The number of hydrogen-bond acceptors (Lipinski definition) is 6. The Balaban J connectivity index is 1.63. The van der Waals surface area contributed by atoms with Crippen LogP contribution in [-0.2, 0) is 21.4 Å². The number of amides is 1. The summed E-state index contributed by atoms with van der Waals surface area (Å²) in [5.74, 6) is -0.305. The summed E-state index contributed by atoms with van der Waals surface area (Å²) in [7, 11) is -3.64. The molecule has 28 heavy (non-hydrogen) atoms. The van der Waals surface area contributed by atoms with E-state index in [-0.39, 0.29) is 10.1 Å². The predicted molar refractivity (Wildman–Crippen MR) is 110 cm³/mol. The number of nitrogens with one attached hydrogen (secondary N) is 1. The summed E-state index contributed by atoms with van der Waals surface area (Å²) < 4.78 is 29.0. The van der Waals surface area contributed by atoms with Crippen molar-refractivity contribution in [2.24, 2.45) is 0 Å². The molecule has 0 saturated carbocycles. The van der Waals surface area contributed by atoms with E-state index >= 15 is 0 Å². The molecule has 1 aliphatic rings. The normalized spacial score (nSPS) is 18.0. The Hall–Kier alpha value is -1.75. The third kappa shape index (κ3) is 4.62.